The van der Waals surface area contributed by atoms with E-state index in [4.69, 9.17) is 11.6 Å². The topological polar surface area (TPSA) is 70.6 Å². The molecule has 0 aromatic heterocycles. The second-order valence-corrected chi connectivity index (χ2v) is 7.55. The Hall–Kier alpha value is -0.610. The number of nitrogens with one attached hydrogen (secondary N) is 2. The monoisotopic (exact) mass is 461 g/mol. The fourth-order valence-electron chi connectivity index (χ4n) is 2.13. The first kappa shape index (κ1) is 19.4. The van der Waals surface area contributed by atoms with E-state index in [1.165, 1.54) is 12.1 Å². The van der Waals surface area contributed by atoms with Crippen molar-refractivity contribution < 1.29 is 12.8 Å². The standard InChI is InChI=1S/C13H17ClFN3O2S.HI/c1-16-13(18-10-4-5-21(19,20)8-10)17-7-9-2-3-12(15)11(14)6-9;/h2-3,6,10H,4-5,7-8H2,1H3,(H2,16,17,18);1H. The van der Waals surface area contributed by atoms with Crippen LogP contribution in [0.25, 0.3) is 0 Å². The van der Waals surface area contributed by atoms with Gasteiger partial charge in [0.2, 0.25) is 0 Å². The molecule has 1 unspecified atom stereocenters. The minimum Gasteiger partial charge on any atom is -0.353 e. The first-order valence-electron chi connectivity index (χ1n) is 6.51. The van der Waals surface area contributed by atoms with Crippen molar-refractivity contribution in [2.24, 2.45) is 4.99 Å². The summed E-state index contributed by atoms with van der Waals surface area (Å²) in [5.74, 6) is 0.377. The highest BCUT2D eigenvalue weighted by molar-refractivity contribution is 14.0. The van der Waals surface area contributed by atoms with Crippen LogP contribution in [0.15, 0.2) is 23.2 Å². The van der Waals surface area contributed by atoms with Gasteiger partial charge in [-0.25, -0.2) is 12.8 Å². The predicted octanol–water partition coefficient (Wildman–Crippen LogP) is 1.95. The Morgan fingerprint density at radius 3 is 2.77 bits per heavy atom. The first-order valence-corrected chi connectivity index (χ1v) is 8.71. The number of hydrogen-bond donors (Lipinski definition) is 2. The zero-order valence-electron chi connectivity index (χ0n) is 12.0. The first-order chi connectivity index (χ1) is 9.89. The summed E-state index contributed by atoms with van der Waals surface area (Å²) < 4.78 is 35.9. The van der Waals surface area contributed by atoms with Gasteiger partial charge in [0, 0.05) is 19.6 Å². The lowest BCUT2D eigenvalue weighted by Gasteiger charge is -2.16. The van der Waals surface area contributed by atoms with Crippen LogP contribution >= 0.6 is 35.6 Å². The molecular weight excluding hydrogens is 444 g/mol. The largest absolute Gasteiger partial charge is 0.353 e. The molecule has 1 aromatic rings. The van der Waals surface area contributed by atoms with E-state index in [1.54, 1.807) is 13.1 Å². The molecule has 1 aliphatic rings. The number of nitrogens with zero attached hydrogens (tertiary/aromatic N) is 1. The van der Waals surface area contributed by atoms with E-state index in [2.05, 4.69) is 15.6 Å². The molecule has 1 aromatic carbocycles. The number of hydrogen-bond acceptors (Lipinski definition) is 3. The molecule has 0 radical (unpaired) electrons. The SMILES string of the molecule is CN=C(NCc1ccc(F)c(Cl)c1)NC1CCS(=O)(=O)C1.I. The second-order valence-electron chi connectivity index (χ2n) is 4.92. The van der Waals surface area contributed by atoms with E-state index in [0.29, 0.717) is 18.9 Å². The molecule has 22 heavy (non-hydrogen) atoms. The summed E-state index contributed by atoms with van der Waals surface area (Å²) in [5.41, 5.74) is 0.809. The molecule has 9 heteroatoms. The van der Waals surface area contributed by atoms with Crippen LogP contribution < -0.4 is 10.6 Å². The number of benzene rings is 1. The summed E-state index contributed by atoms with van der Waals surface area (Å²) >= 11 is 5.72. The van der Waals surface area contributed by atoms with E-state index in [0.717, 1.165) is 5.56 Å². The molecule has 124 valence electrons. The number of rotatable bonds is 3. The molecule has 1 atom stereocenters. The Bertz CT molecular complexity index is 655. The molecule has 1 saturated heterocycles. The van der Waals surface area contributed by atoms with Crippen molar-refractivity contribution in [3.8, 4) is 0 Å². The van der Waals surface area contributed by atoms with Gasteiger partial charge in [-0.05, 0) is 24.1 Å². The van der Waals surface area contributed by atoms with Crippen LogP contribution in [0, 0.1) is 5.82 Å². The van der Waals surface area contributed by atoms with Crippen LogP contribution in [0.1, 0.15) is 12.0 Å². The highest BCUT2D eigenvalue weighted by Crippen LogP contribution is 2.16. The Labute approximate surface area is 151 Å². The summed E-state index contributed by atoms with van der Waals surface area (Å²) in [6, 6.07) is 4.34. The minimum atomic E-state index is -2.93. The van der Waals surface area contributed by atoms with Gasteiger partial charge in [-0.15, -0.1) is 24.0 Å². The van der Waals surface area contributed by atoms with E-state index in [-0.39, 0.29) is 46.5 Å². The van der Waals surface area contributed by atoms with Crippen molar-refractivity contribution in [1.29, 1.82) is 0 Å². The van der Waals surface area contributed by atoms with Crippen LogP contribution in [-0.4, -0.2) is 39.0 Å². The molecule has 1 fully saturated rings. The zero-order valence-corrected chi connectivity index (χ0v) is 15.9. The Kier molecular flexibility index (Phi) is 7.33. The third-order valence-electron chi connectivity index (χ3n) is 3.24. The normalized spacial score (nSPS) is 20.3. The third kappa shape index (κ3) is 5.54. The molecule has 1 heterocycles. The number of sulfone groups is 1. The maximum absolute atomic E-state index is 13.1. The highest BCUT2D eigenvalue weighted by Gasteiger charge is 2.28. The molecule has 0 spiro atoms. The summed E-state index contributed by atoms with van der Waals surface area (Å²) in [7, 11) is -1.32. The average Bonchev–Trinajstić information content (AvgIpc) is 2.77. The van der Waals surface area contributed by atoms with Gasteiger partial charge < -0.3 is 10.6 Å². The predicted molar refractivity (Wildman–Crippen MR) is 97.2 cm³/mol. The Balaban J connectivity index is 0.00000242. The van der Waals surface area contributed by atoms with Crippen LogP contribution in [0.3, 0.4) is 0 Å². The second kappa shape index (κ2) is 8.30. The van der Waals surface area contributed by atoms with E-state index in [1.807, 2.05) is 0 Å². The van der Waals surface area contributed by atoms with Crippen molar-refractivity contribution in [2.45, 2.75) is 19.0 Å². The van der Waals surface area contributed by atoms with E-state index in [9.17, 15) is 12.8 Å². The smallest absolute Gasteiger partial charge is 0.191 e. The van der Waals surface area contributed by atoms with Gasteiger partial charge in [-0.2, -0.15) is 0 Å². The Morgan fingerprint density at radius 1 is 1.50 bits per heavy atom. The average molecular weight is 462 g/mol. The number of aliphatic imine (C=N–C) groups is 1. The number of halogens is 3. The molecule has 0 aliphatic carbocycles. The summed E-state index contributed by atoms with van der Waals surface area (Å²) in [4.78, 5) is 4.05. The van der Waals surface area contributed by atoms with Crippen LogP contribution in [-0.2, 0) is 16.4 Å². The summed E-state index contributed by atoms with van der Waals surface area (Å²) in [6.07, 6.45) is 0.575. The van der Waals surface area contributed by atoms with Crippen LogP contribution in [0.5, 0.6) is 0 Å². The Morgan fingerprint density at radius 2 is 2.23 bits per heavy atom. The van der Waals surface area contributed by atoms with Crippen molar-refractivity contribution in [3.63, 3.8) is 0 Å². The van der Waals surface area contributed by atoms with Gasteiger partial charge in [-0.3, -0.25) is 4.99 Å². The third-order valence-corrected chi connectivity index (χ3v) is 5.30. The molecule has 0 amide bonds. The summed E-state index contributed by atoms with van der Waals surface area (Å²) in [5, 5.41) is 6.19. The molecule has 1 aliphatic heterocycles. The van der Waals surface area contributed by atoms with Crippen LogP contribution in [0.2, 0.25) is 5.02 Å². The number of guanidine groups is 1. The van der Waals surface area contributed by atoms with Crippen molar-refractivity contribution >= 4 is 51.4 Å². The molecule has 5 nitrogen and oxygen atoms in total. The lowest BCUT2D eigenvalue weighted by atomic mass is 10.2. The van der Waals surface area contributed by atoms with Crippen molar-refractivity contribution in [3.05, 3.63) is 34.6 Å². The zero-order chi connectivity index (χ0) is 15.5. The van der Waals surface area contributed by atoms with Crippen molar-refractivity contribution in [2.75, 3.05) is 18.6 Å². The quantitative estimate of drug-likeness (QED) is 0.410. The van der Waals surface area contributed by atoms with Gasteiger partial charge in [0.05, 0.1) is 16.5 Å². The fourth-order valence-corrected chi connectivity index (χ4v) is 4.01. The van der Waals surface area contributed by atoms with Gasteiger partial charge in [-0.1, -0.05) is 17.7 Å². The molecular formula is C13H18ClFIN3O2S. The van der Waals surface area contributed by atoms with E-state index < -0.39 is 15.7 Å². The minimum absolute atomic E-state index is 0. The van der Waals surface area contributed by atoms with Crippen molar-refractivity contribution in [1.82, 2.24) is 10.6 Å². The molecule has 0 saturated carbocycles. The maximum Gasteiger partial charge on any atom is 0.191 e. The highest BCUT2D eigenvalue weighted by atomic mass is 127. The molecule has 2 N–H and O–H groups in total. The van der Waals surface area contributed by atoms with Gasteiger partial charge in [0.1, 0.15) is 5.82 Å². The van der Waals surface area contributed by atoms with Gasteiger partial charge in [0.25, 0.3) is 0 Å². The lowest BCUT2D eigenvalue weighted by Crippen LogP contribution is -2.43. The van der Waals surface area contributed by atoms with E-state index >= 15 is 0 Å². The summed E-state index contributed by atoms with van der Waals surface area (Å²) in [6.45, 7) is 0.416. The maximum atomic E-state index is 13.1. The lowest BCUT2D eigenvalue weighted by molar-refractivity contribution is 0.599. The van der Waals surface area contributed by atoms with Gasteiger partial charge >= 0.3 is 0 Å². The van der Waals surface area contributed by atoms with Crippen LogP contribution in [0.4, 0.5) is 4.39 Å². The fraction of sp³-hybridized carbons (Fsp3) is 0.462. The molecule has 0 bridgehead atoms. The molecule has 2 rings (SSSR count). The van der Waals surface area contributed by atoms with Gasteiger partial charge in [0.15, 0.2) is 15.8 Å².